The molecular weight excluding hydrogens is 290 g/mol. The summed E-state index contributed by atoms with van der Waals surface area (Å²) >= 11 is 1.70. The Morgan fingerprint density at radius 2 is 1.68 bits per heavy atom. The van der Waals surface area contributed by atoms with E-state index < -0.39 is 0 Å². The summed E-state index contributed by atoms with van der Waals surface area (Å²) < 4.78 is 0. The van der Waals surface area contributed by atoms with Gasteiger partial charge in [0.05, 0.1) is 6.42 Å². The number of fused-ring (bicyclic) bond motifs is 1. The van der Waals surface area contributed by atoms with Crippen LogP contribution >= 0.6 is 11.8 Å². The van der Waals surface area contributed by atoms with Crippen LogP contribution in [0.25, 0.3) is 10.8 Å². The first-order chi connectivity index (χ1) is 10.8. The van der Waals surface area contributed by atoms with E-state index in [1.807, 2.05) is 73.0 Å². The standard InChI is InChI=1S/C19H17NOS/c1-22-16-11-9-14(10-12-16)13-19(21)20-18-8-4-6-15-5-2-3-7-17(15)18/h2-12H,13H2,1H3,(H,20,21). The van der Waals surface area contributed by atoms with Crippen LogP contribution in [0.1, 0.15) is 5.56 Å². The van der Waals surface area contributed by atoms with Crippen molar-refractivity contribution in [3.63, 3.8) is 0 Å². The maximum atomic E-state index is 12.3. The van der Waals surface area contributed by atoms with Gasteiger partial charge in [0.2, 0.25) is 5.91 Å². The predicted octanol–water partition coefficient (Wildman–Crippen LogP) is 4.74. The fourth-order valence-corrected chi connectivity index (χ4v) is 2.87. The van der Waals surface area contributed by atoms with Crippen molar-refractivity contribution in [2.24, 2.45) is 0 Å². The summed E-state index contributed by atoms with van der Waals surface area (Å²) in [6.45, 7) is 0. The molecule has 0 atom stereocenters. The number of benzene rings is 3. The Morgan fingerprint density at radius 1 is 0.955 bits per heavy atom. The highest BCUT2D eigenvalue weighted by Crippen LogP contribution is 2.23. The molecule has 0 fully saturated rings. The molecule has 2 nitrogen and oxygen atoms in total. The molecule has 0 unspecified atom stereocenters. The van der Waals surface area contributed by atoms with Gasteiger partial charge in [0, 0.05) is 16.0 Å². The van der Waals surface area contributed by atoms with E-state index in [9.17, 15) is 4.79 Å². The number of hydrogen-bond donors (Lipinski definition) is 1. The summed E-state index contributed by atoms with van der Waals surface area (Å²) in [5.41, 5.74) is 1.89. The van der Waals surface area contributed by atoms with Crippen LogP contribution in [-0.2, 0) is 11.2 Å². The van der Waals surface area contributed by atoms with E-state index in [-0.39, 0.29) is 5.91 Å². The topological polar surface area (TPSA) is 29.1 Å². The Hall–Kier alpha value is -2.26. The molecule has 110 valence electrons. The Bertz CT molecular complexity index is 791. The zero-order valence-corrected chi connectivity index (χ0v) is 13.2. The summed E-state index contributed by atoms with van der Waals surface area (Å²) in [4.78, 5) is 13.5. The SMILES string of the molecule is CSc1ccc(CC(=O)Nc2cccc3ccccc23)cc1. The molecule has 3 aromatic rings. The molecule has 3 rings (SSSR count). The van der Waals surface area contributed by atoms with E-state index in [0.717, 1.165) is 22.0 Å². The molecule has 0 radical (unpaired) electrons. The minimum Gasteiger partial charge on any atom is -0.325 e. The normalized spacial score (nSPS) is 10.6. The number of carbonyl (C=O) groups is 1. The van der Waals surface area contributed by atoms with E-state index in [1.165, 1.54) is 4.90 Å². The van der Waals surface area contributed by atoms with Gasteiger partial charge in [-0.3, -0.25) is 4.79 Å². The first kappa shape index (κ1) is 14.7. The lowest BCUT2D eigenvalue weighted by molar-refractivity contribution is -0.115. The summed E-state index contributed by atoms with van der Waals surface area (Å²) in [5, 5.41) is 5.21. The van der Waals surface area contributed by atoms with Crippen molar-refractivity contribution in [2.45, 2.75) is 11.3 Å². The largest absolute Gasteiger partial charge is 0.325 e. The highest BCUT2D eigenvalue weighted by Gasteiger charge is 2.06. The fraction of sp³-hybridized carbons (Fsp3) is 0.105. The molecule has 0 aromatic heterocycles. The second-order valence-electron chi connectivity index (χ2n) is 5.10. The van der Waals surface area contributed by atoms with Crippen LogP contribution in [-0.4, -0.2) is 12.2 Å². The summed E-state index contributed by atoms with van der Waals surface area (Å²) in [5.74, 6) is 0.00764. The third-order valence-electron chi connectivity index (χ3n) is 3.59. The van der Waals surface area contributed by atoms with Gasteiger partial charge in [-0.2, -0.15) is 0 Å². The Labute approximate surface area is 134 Å². The minimum atomic E-state index is 0.00764. The maximum Gasteiger partial charge on any atom is 0.228 e. The number of amides is 1. The average molecular weight is 307 g/mol. The van der Waals surface area contributed by atoms with Gasteiger partial charge < -0.3 is 5.32 Å². The summed E-state index contributed by atoms with van der Waals surface area (Å²) in [6.07, 6.45) is 2.43. The van der Waals surface area contributed by atoms with Crippen LogP contribution < -0.4 is 5.32 Å². The van der Waals surface area contributed by atoms with Crippen LogP contribution in [0.5, 0.6) is 0 Å². The number of thioether (sulfide) groups is 1. The van der Waals surface area contributed by atoms with Crippen LogP contribution in [0.3, 0.4) is 0 Å². The van der Waals surface area contributed by atoms with E-state index in [1.54, 1.807) is 11.8 Å². The van der Waals surface area contributed by atoms with Gasteiger partial charge in [-0.15, -0.1) is 11.8 Å². The third kappa shape index (κ3) is 3.31. The van der Waals surface area contributed by atoms with Crippen molar-refractivity contribution in [2.75, 3.05) is 11.6 Å². The first-order valence-electron chi connectivity index (χ1n) is 7.17. The van der Waals surface area contributed by atoms with Crippen LogP contribution in [0, 0.1) is 0 Å². The lowest BCUT2D eigenvalue weighted by atomic mass is 10.1. The molecular formula is C19H17NOS. The fourth-order valence-electron chi connectivity index (χ4n) is 2.46. The predicted molar refractivity (Wildman–Crippen MR) is 94.5 cm³/mol. The van der Waals surface area contributed by atoms with Crippen molar-refractivity contribution in [3.05, 3.63) is 72.3 Å². The molecule has 0 spiro atoms. The molecule has 0 aliphatic heterocycles. The zero-order chi connectivity index (χ0) is 15.4. The number of carbonyl (C=O) groups excluding carboxylic acids is 1. The van der Waals surface area contributed by atoms with E-state index in [0.29, 0.717) is 6.42 Å². The molecule has 0 aliphatic carbocycles. The lowest BCUT2D eigenvalue weighted by Gasteiger charge is -2.09. The highest BCUT2D eigenvalue weighted by molar-refractivity contribution is 7.98. The van der Waals surface area contributed by atoms with Crippen molar-refractivity contribution in [3.8, 4) is 0 Å². The van der Waals surface area contributed by atoms with Gasteiger partial charge in [-0.05, 0) is 35.4 Å². The van der Waals surface area contributed by atoms with Gasteiger partial charge >= 0.3 is 0 Å². The Morgan fingerprint density at radius 3 is 2.45 bits per heavy atom. The molecule has 3 heteroatoms. The maximum absolute atomic E-state index is 12.3. The van der Waals surface area contributed by atoms with Gasteiger partial charge in [-0.25, -0.2) is 0 Å². The Balaban J connectivity index is 1.75. The van der Waals surface area contributed by atoms with E-state index >= 15 is 0 Å². The van der Waals surface area contributed by atoms with Gasteiger partial charge in [0.15, 0.2) is 0 Å². The second kappa shape index (κ2) is 6.67. The van der Waals surface area contributed by atoms with Gasteiger partial charge in [0.25, 0.3) is 0 Å². The van der Waals surface area contributed by atoms with E-state index in [2.05, 4.69) is 5.32 Å². The molecule has 1 amide bonds. The average Bonchev–Trinajstić information content (AvgIpc) is 2.56. The van der Waals surface area contributed by atoms with Crippen molar-refractivity contribution < 1.29 is 4.79 Å². The second-order valence-corrected chi connectivity index (χ2v) is 5.98. The summed E-state index contributed by atoms with van der Waals surface area (Å²) in [6, 6.07) is 22.1. The van der Waals surface area contributed by atoms with Crippen molar-refractivity contribution in [1.82, 2.24) is 0 Å². The highest BCUT2D eigenvalue weighted by atomic mass is 32.2. The van der Waals surface area contributed by atoms with Gasteiger partial charge in [0.1, 0.15) is 0 Å². The van der Waals surface area contributed by atoms with Crippen LogP contribution in [0.2, 0.25) is 0 Å². The smallest absolute Gasteiger partial charge is 0.228 e. The molecule has 0 aliphatic rings. The molecule has 0 saturated heterocycles. The number of anilines is 1. The quantitative estimate of drug-likeness (QED) is 0.705. The Kier molecular flexibility index (Phi) is 4.45. The van der Waals surface area contributed by atoms with Crippen LogP contribution in [0.4, 0.5) is 5.69 Å². The van der Waals surface area contributed by atoms with Crippen molar-refractivity contribution in [1.29, 1.82) is 0 Å². The van der Waals surface area contributed by atoms with Crippen molar-refractivity contribution >= 4 is 34.1 Å². The molecule has 22 heavy (non-hydrogen) atoms. The minimum absolute atomic E-state index is 0.00764. The third-order valence-corrected chi connectivity index (χ3v) is 4.33. The molecule has 0 saturated carbocycles. The molecule has 0 heterocycles. The number of nitrogens with one attached hydrogen (secondary N) is 1. The van der Waals surface area contributed by atoms with E-state index in [4.69, 9.17) is 0 Å². The zero-order valence-electron chi connectivity index (χ0n) is 12.4. The van der Waals surface area contributed by atoms with Crippen LogP contribution in [0.15, 0.2) is 71.6 Å². The lowest BCUT2D eigenvalue weighted by Crippen LogP contribution is -2.14. The number of hydrogen-bond acceptors (Lipinski definition) is 2. The summed E-state index contributed by atoms with van der Waals surface area (Å²) in [7, 11) is 0. The number of rotatable bonds is 4. The molecule has 3 aromatic carbocycles. The molecule has 0 bridgehead atoms. The monoisotopic (exact) mass is 307 g/mol. The first-order valence-corrected chi connectivity index (χ1v) is 8.39. The molecule has 1 N–H and O–H groups in total. The van der Waals surface area contributed by atoms with Gasteiger partial charge in [-0.1, -0.05) is 48.5 Å².